The van der Waals surface area contributed by atoms with Crippen molar-refractivity contribution < 1.29 is 45.7 Å². The minimum absolute atomic E-state index is 0.0309. The van der Waals surface area contributed by atoms with Crippen molar-refractivity contribution >= 4 is 74.3 Å². The molecular weight excluding hydrogens is 684 g/mol. The molecule has 45 heavy (non-hydrogen) atoms. The molecule has 4 N–H and O–H groups in total. The Bertz CT molecular complexity index is 1740. The van der Waals surface area contributed by atoms with Crippen LogP contribution >= 0.6 is 40.4 Å². The summed E-state index contributed by atoms with van der Waals surface area (Å²) < 4.78 is 91.7. The molecule has 2 fully saturated rings. The van der Waals surface area contributed by atoms with E-state index in [4.69, 9.17) is 39.2 Å². The lowest BCUT2D eigenvalue weighted by Gasteiger charge is -2.24. The van der Waals surface area contributed by atoms with Gasteiger partial charge in [0.15, 0.2) is 47.7 Å². The minimum atomic E-state index is -4.42. The molecule has 0 saturated carbocycles. The molecule has 2 aliphatic rings. The average Bonchev–Trinajstić information content (AvgIpc) is 3.77. The number of imidazole rings is 2. The van der Waals surface area contributed by atoms with Crippen molar-refractivity contribution in [2.24, 2.45) is 0 Å². The lowest BCUT2D eigenvalue weighted by Crippen LogP contribution is -2.34. The molecule has 0 aliphatic carbocycles. The van der Waals surface area contributed by atoms with Gasteiger partial charge in [-0.15, -0.1) is 0 Å². The Balaban J connectivity index is 1.18. The molecule has 24 heteroatoms. The monoisotopic (exact) mass is 708 g/mol. The second-order valence-electron chi connectivity index (χ2n) is 9.66. The van der Waals surface area contributed by atoms with Crippen LogP contribution in [0.25, 0.3) is 22.3 Å². The fourth-order valence-corrected chi connectivity index (χ4v) is 6.98. The first-order chi connectivity index (χ1) is 21.6. The number of anilines is 2. The summed E-state index contributed by atoms with van der Waals surface area (Å²) in [4.78, 5) is 24.1. The lowest BCUT2D eigenvalue weighted by molar-refractivity contribution is -0.0566. The molecule has 0 bridgehead atoms. The van der Waals surface area contributed by atoms with E-state index < -0.39 is 71.3 Å². The third-order valence-corrected chi connectivity index (χ3v) is 9.18. The number of ether oxygens (including phenoxy) is 3. The molecule has 6 heterocycles. The second kappa shape index (κ2) is 13.2. The SMILES string of the molecule is Nc1ncnc2c1ncn2[C@@H]1O[C@H](CO[P@@](=O)(S)O[C@H]2[C@H](F)[C@H](n3cnc4c(N)ncnc43)O[C@@H]2COCS)[C@@H](OP=O)[C@@H]1F. The van der Waals surface area contributed by atoms with E-state index >= 15 is 8.78 Å². The molecule has 2 aliphatic heterocycles. The van der Waals surface area contributed by atoms with E-state index in [1.165, 1.54) is 34.4 Å². The third-order valence-electron chi connectivity index (χ3n) is 7.05. The Morgan fingerprint density at radius 1 is 0.889 bits per heavy atom. The van der Waals surface area contributed by atoms with E-state index in [-0.39, 0.29) is 46.5 Å². The van der Waals surface area contributed by atoms with E-state index in [2.05, 4.69) is 54.8 Å². The molecule has 0 amide bonds. The zero-order chi connectivity index (χ0) is 31.9. The van der Waals surface area contributed by atoms with E-state index in [0.717, 1.165) is 0 Å². The topological polar surface area (TPSA) is 229 Å². The molecular formula is C21H24F2N10O8P2S2. The van der Waals surface area contributed by atoms with E-state index in [9.17, 15) is 9.13 Å². The number of nitrogen functional groups attached to an aromatic ring is 2. The second-order valence-corrected chi connectivity index (χ2v) is 13.2. The summed E-state index contributed by atoms with van der Waals surface area (Å²) in [6, 6.07) is 0. The van der Waals surface area contributed by atoms with Gasteiger partial charge in [0.2, 0.25) is 0 Å². The smallest absolute Gasteiger partial charge is 0.382 e. The van der Waals surface area contributed by atoms with E-state index in [0.29, 0.717) is 0 Å². The standard InChI is InChI=1S/C21H24F2N10O8P2S2/c22-10-14(40-42-34)9(39-20(10)32-5-30-12-16(24)26-3-28-18(12)32)2-37-43(35,45)41-15-8(1-36-7-44)38-21(11(15)23)33-6-31-13-17(25)27-4-29-19(13)33/h3-6,8-11,14-15,20-21,44H,1-2,7H2,(H,35,45)(H2,24,26,28)(H2,25,27,29)/t8-,9-,10+,11+,14-,15-,20-,21-,43-/m1/s1. The van der Waals surface area contributed by atoms with Crippen LogP contribution < -0.4 is 11.5 Å². The highest BCUT2D eigenvalue weighted by molar-refractivity contribution is 8.44. The van der Waals surface area contributed by atoms with Gasteiger partial charge in [-0.3, -0.25) is 22.7 Å². The summed E-state index contributed by atoms with van der Waals surface area (Å²) in [6.07, 6.45) is -7.14. The molecule has 2 saturated heterocycles. The number of hydrogen-bond donors (Lipinski definition) is 4. The van der Waals surface area contributed by atoms with Crippen molar-refractivity contribution in [3.8, 4) is 0 Å². The predicted octanol–water partition coefficient (Wildman–Crippen LogP) is 2.24. The van der Waals surface area contributed by atoms with Crippen LogP contribution in [0, 0.1) is 0 Å². The molecule has 0 radical (unpaired) electrons. The van der Waals surface area contributed by atoms with Crippen LogP contribution in [-0.2, 0) is 36.9 Å². The highest BCUT2D eigenvalue weighted by Gasteiger charge is 2.52. The molecule has 242 valence electrons. The Morgan fingerprint density at radius 3 is 1.96 bits per heavy atom. The van der Waals surface area contributed by atoms with Crippen molar-refractivity contribution in [1.29, 1.82) is 0 Å². The molecule has 4 aromatic rings. The first-order valence-electron chi connectivity index (χ1n) is 12.9. The Labute approximate surface area is 263 Å². The van der Waals surface area contributed by atoms with Crippen molar-refractivity contribution in [1.82, 2.24) is 39.0 Å². The van der Waals surface area contributed by atoms with Crippen LogP contribution in [0.1, 0.15) is 12.5 Å². The predicted molar refractivity (Wildman–Crippen MR) is 157 cm³/mol. The molecule has 0 aromatic carbocycles. The van der Waals surface area contributed by atoms with Crippen LogP contribution in [0.3, 0.4) is 0 Å². The number of nitrogens with two attached hydrogens (primary N) is 2. The van der Waals surface area contributed by atoms with Gasteiger partial charge in [-0.25, -0.2) is 47.8 Å². The summed E-state index contributed by atoms with van der Waals surface area (Å²) >= 11 is 8.00. The van der Waals surface area contributed by atoms with Gasteiger partial charge in [0.25, 0.3) is 0 Å². The van der Waals surface area contributed by atoms with Crippen LogP contribution in [0.4, 0.5) is 20.4 Å². The van der Waals surface area contributed by atoms with Gasteiger partial charge in [-0.2, -0.15) is 12.6 Å². The summed E-state index contributed by atoms with van der Waals surface area (Å²) in [5.74, 6) is 0.108. The molecule has 4 aromatic heterocycles. The van der Waals surface area contributed by atoms with Gasteiger partial charge < -0.3 is 25.7 Å². The van der Waals surface area contributed by atoms with Gasteiger partial charge in [0, 0.05) is 0 Å². The largest absolute Gasteiger partial charge is 0.386 e. The van der Waals surface area contributed by atoms with Crippen LogP contribution in [0.5, 0.6) is 0 Å². The number of aromatic nitrogens is 8. The maximum absolute atomic E-state index is 16.0. The third kappa shape index (κ3) is 6.23. The highest BCUT2D eigenvalue weighted by atomic mass is 32.7. The summed E-state index contributed by atoms with van der Waals surface area (Å²) in [7, 11) is -0.854. The number of hydrogen-bond acceptors (Lipinski definition) is 17. The first kappa shape index (κ1) is 32.3. The van der Waals surface area contributed by atoms with E-state index in [1.54, 1.807) is 0 Å². The summed E-state index contributed by atoms with van der Waals surface area (Å²) in [5.41, 5.74) is 12.4. The van der Waals surface area contributed by atoms with Crippen molar-refractivity contribution in [3.05, 3.63) is 25.3 Å². The van der Waals surface area contributed by atoms with Crippen molar-refractivity contribution in [3.63, 3.8) is 0 Å². The zero-order valence-electron chi connectivity index (χ0n) is 22.6. The molecule has 0 spiro atoms. The van der Waals surface area contributed by atoms with Gasteiger partial charge in [-0.05, 0) is 0 Å². The lowest BCUT2D eigenvalue weighted by atomic mass is 10.1. The molecule has 6 rings (SSSR count). The molecule has 9 atom stereocenters. The molecule has 18 nitrogen and oxygen atoms in total. The Kier molecular flexibility index (Phi) is 9.49. The van der Waals surface area contributed by atoms with Gasteiger partial charge in [0.05, 0.1) is 31.8 Å². The summed E-state index contributed by atoms with van der Waals surface area (Å²) in [5, 5.41) is 0. The normalized spacial score (nSPS) is 30.0. The van der Waals surface area contributed by atoms with Gasteiger partial charge >= 0.3 is 15.5 Å². The number of thiol groups is 2. The Hall–Kier alpha value is -2.65. The number of alkyl halides is 2. The van der Waals surface area contributed by atoms with Gasteiger partial charge in [-0.1, -0.05) is 12.2 Å². The summed E-state index contributed by atoms with van der Waals surface area (Å²) in [6.45, 7) is -5.25. The fraction of sp³-hybridized carbons (Fsp3) is 0.524. The van der Waals surface area contributed by atoms with Crippen LogP contribution in [-0.4, -0.2) is 94.9 Å². The van der Waals surface area contributed by atoms with Gasteiger partial charge in [0.1, 0.15) is 48.1 Å². The average molecular weight is 709 g/mol. The molecule has 0 unspecified atom stereocenters. The highest BCUT2D eigenvalue weighted by Crippen LogP contribution is 2.57. The number of fused-ring (bicyclic) bond motifs is 2. The number of rotatable bonds is 12. The fourth-order valence-electron chi connectivity index (χ4n) is 5.04. The van der Waals surface area contributed by atoms with E-state index in [1.807, 2.05) is 0 Å². The number of nitrogens with zero attached hydrogens (tertiary/aromatic N) is 8. The van der Waals surface area contributed by atoms with Crippen LogP contribution in [0.2, 0.25) is 0 Å². The Morgan fingerprint density at radius 2 is 1.42 bits per heavy atom. The minimum Gasteiger partial charge on any atom is -0.382 e. The van der Waals surface area contributed by atoms with Crippen LogP contribution in [0.15, 0.2) is 25.3 Å². The zero-order valence-corrected chi connectivity index (χ0v) is 26.2. The van der Waals surface area contributed by atoms with Crippen molar-refractivity contribution in [2.75, 3.05) is 30.6 Å². The quantitative estimate of drug-likeness (QED) is 0.0940. The maximum atomic E-state index is 16.0. The number of halogens is 2. The first-order valence-corrected chi connectivity index (χ1v) is 17.0. The maximum Gasteiger partial charge on any atom is 0.386 e. The van der Waals surface area contributed by atoms with Crippen molar-refractivity contribution in [2.45, 2.75) is 49.2 Å².